The van der Waals surface area contributed by atoms with Gasteiger partial charge >= 0.3 is 19.2 Å². The number of esters is 1. The van der Waals surface area contributed by atoms with Crippen LogP contribution in [0.15, 0.2) is 18.3 Å². The summed E-state index contributed by atoms with van der Waals surface area (Å²) < 4.78 is 9.77. The van der Waals surface area contributed by atoms with Crippen LogP contribution in [0, 0.1) is 0 Å². The summed E-state index contributed by atoms with van der Waals surface area (Å²) in [4.78, 5) is 27.6. The van der Waals surface area contributed by atoms with Crippen molar-refractivity contribution in [3.63, 3.8) is 0 Å². The van der Waals surface area contributed by atoms with Crippen LogP contribution in [-0.4, -0.2) is 53.0 Å². The Hall–Kier alpha value is -2.13. The number of aromatic nitrogens is 1. The van der Waals surface area contributed by atoms with E-state index in [0.29, 0.717) is 5.69 Å². The van der Waals surface area contributed by atoms with Crippen LogP contribution in [0.3, 0.4) is 0 Å². The molecule has 0 radical (unpaired) electrons. The fraction of sp³-hybridized carbons (Fsp3) is 0.500. The molecule has 0 unspecified atom stereocenters. The minimum absolute atomic E-state index is 0.0771. The van der Waals surface area contributed by atoms with E-state index in [1.807, 2.05) is 0 Å². The molecular weight excluding hydrogens is 303 g/mol. The summed E-state index contributed by atoms with van der Waals surface area (Å²) in [7, 11) is -0.405. The third kappa shape index (κ3) is 6.66. The third-order valence-corrected chi connectivity index (χ3v) is 2.74. The van der Waals surface area contributed by atoms with Crippen molar-refractivity contribution in [2.24, 2.45) is 0 Å². The molecule has 1 atom stereocenters. The van der Waals surface area contributed by atoms with Gasteiger partial charge in [0.05, 0.1) is 7.11 Å². The topological polar surface area (TPSA) is 118 Å². The van der Waals surface area contributed by atoms with E-state index in [9.17, 15) is 9.59 Å². The zero-order valence-electron chi connectivity index (χ0n) is 13.6. The monoisotopic (exact) mass is 324 g/mol. The van der Waals surface area contributed by atoms with Crippen molar-refractivity contribution in [1.29, 1.82) is 0 Å². The molecule has 0 bridgehead atoms. The average Bonchev–Trinajstić information content (AvgIpc) is 2.44. The van der Waals surface area contributed by atoms with Gasteiger partial charge in [-0.15, -0.1) is 0 Å². The lowest BCUT2D eigenvalue weighted by Gasteiger charge is -2.22. The Morgan fingerprint density at radius 1 is 1.35 bits per heavy atom. The Morgan fingerprint density at radius 3 is 2.43 bits per heavy atom. The number of carbonyl (C=O) groups excluding carboxylic acids is 2. The molecule has 8 nitrogen and oxygen atoms in total. The van der Waals surface area contributed by atoms with Gasteiger partial charge in [-0.2, -0.15) is 0 Å². The number of ether oxygens (including phenoxy) is 2. The van der Waals surface area contributed by atoms with E-state index in [4.69, 9.17) is 14.8 Å². The maximum absolute atomic E-state index is 11.8. The molecule has 126 valence electrons. The number of nitrogens with zero attached hydrogens (tertiary/aromatic N) is 1. The second kappa shape index (κ2) is 7.93. The van der Waals surface area contributed by atoms with Gasteiger partial charge in [0.2, 0.25) is 0 Å². The highest BCUT2D eigenvalue weighted by molar-refractivity contribution is 6.58. The summed E-state index contributed by atoms with van der Waals surface area (Å²) in [6.07, 6.45) is 0.616. The zero-order valence-corrected chi connectivity index (χ0v) is 13.6. The van der Waals surface area contributed by atoms with E-state index in [1.54, 1.807) is 20.8 Å². The second-order valence-electron chi connectivity index (χ2n) is 5.88. The molecule has 9 heteroatoms. The van der Waals surface area contributed by atoms with Crippen molar-refractivity contribution in [1.82, 2.24) is 10.3 Å². The zero-order chi connectivity index (χ0) is 17.6. The summed E-state index contributed by atoms with van der Waals surface area (Å²) in [5, 5.41) is 20.5. The van der Waals surface area contributed by atoms with E-state index in [0.717, 1.165) is 0 Å². The van der Waals surface area contributed by atoms with Crippen LogP contribution in [0.1, 0.15) is 26.5 Å². The highest BCUT2D eigenvalue weighted by atomic mass is 16.6. The minimum atomic E-state index is -1.62. The van der Waals surface area contributed by atoms with Gasteiger partial charge < -0.3 is 24.8 Å². The van der Waals surface area contributed by atoms with Crippen molar-refractivity contribution in [2.45, 2.75) is 38.8 Å². The molecule has 3 N–H and O–H groups in total. The molecular formula is C14H21BN2O6. The summed E-state index contributed by atoms with van der Waals surface area (Å²) in [6, 6.07) is 2.03. The quantitative estimate of drug-likeness (QED) is 0.487. The van der Waals surface area contributed by atoms with Crippen molar-refractivity contribution >= 4 is 24.6 Å². The van der Waals surface area contributed by atoms with Gasteiger partial charge in [-0.25, -0.2) is 9.59 Å². The van der Waals surface area contributed by atoms with E-state index in [-0.39, 0.29) is 11.9 Å². The number of methoxy groups -OCH3 is 1. The van der Waals surface area contributed by atoms with Gasteiger partial charge in [-0.1, -0.05) is 6.07 Å². The molecule has 1 aromatic heterocycles. The number of alkyl carbamates (subject to hydrolysis) is 1. The summed E-state index contributed by atoms with van der Waals surface area (Å²) in [5.41, 5.74) is 0.00591. The predicted molar refractivity (Wildman–Crippen MR) is 82.9 cm³/mol. The number of carbonyl (C=O) groups is 2. The number of hydrogen-bond donors (Lipinski definition) is 3. The maximum Gasteiger partial charge on any atom is 0.490 e. The first-order chi connectivity index (χ1) is 10.6. The van der Waals surface area contributed by atoms with Gasteiger partial charge in [0.25, 0.3) is 0 Å². The standard InChI is InChI=1S/C14H21BN2O6/c1-14(2,3)23-13(19)17-11(12(18)22-4)7-10-6-5-9(8-16-10)15(20)21/h5-6,8,11,20-21H,7H2,1-4H3,(H,17,19)/t11-/m0/s1. The Kier molecular flexibility index (Phi) is 6.53. The fourth-order valence-corrected chi connectivity index (χ4v) is 1.70. The van der Waals surface area contributed by atoms with Crippen LogP contribution in [0.2, 0.25) is 0 Å². The highest BCUT2D eigenvalue weighted by Crippen LogP contribution is 2.08. The molecule has 23 heavy (non-hydrogen) atoms. The largest absolute Gasteiger partial charge is 0.490 e. The number of pyridine rings is 1. The van der Waals surface area contributed by atoms with E-state index < -0.39 is 30.8 Å². The van der Waals surface area contributed by atoms with Crippen LogP contribution in [-0.2, 0) is 20.7 Å². The van der Waals surface area contributed by atoms with E-state index >= 15 is 0 Å². The molecule has 1 heterocycles. The van der Waals surface area contributed by atoms with Gasteiger partial charge in [0, 0.05) is 23.8 Å². The molecule has 0 aliphatic heterocycles. The third-order valence-electron chi connectivity index (χ3n) is 2.74. The highest BCUT2D eigenvalue weighted by Gasteiger charge is 2.25. The first-order valence-electron chi connectivity index (χ1n) is 7.00. The first-order valence-corrected chi connectivity index (χ1v) is 7.00. The predicted octanol–water partition coefficient (Wildman–Crippen LogP) is -0.630. The molecule has 1 rings (SSSR count). The fourth-order valence-electron chi connectivity index (χ4n) is 1.70. The Morgan fingerprint density at radius 2 is 2.00 bits per heavy atom. The summed E-state index contributed by atoms with van der Waals surface area (Å²) >= 11 is 0. The Labute approximate surface area is 135 Å². The van der Waals surface area contributed by atoms with Crippen LogP contribution < -0.4 is 10.8 Å². The number of amides is 1. The molecule has 0 aliphatic carbocycles. The smallest absolute Gasteiger partial charge is 0.467 e. The van der Waals surface area contributed by atoms with Crippen molar-refractivity contribution < 1.29 is 29.1 Å². The van der Waals surface area contributed by atoms with Gasteiger partial charge in [-0.05, 0) is 26.8 Å². The molecule has 0 spiro atoms. The number of hydrogen-bond acceptors (Lipinski definition) is 7. The van der Waals surface area contributed by atoms with Crippen LogP contribution in [0.5, 0.6) is 0 Å². The molecule has 0 fully saturated rings. The van der Waals surface area contributed by atoms with Gasteiger partial charge in [0.1, 0.15) is 11.6 Å². The van der Waals surface area contributed by atoms with Crippen LogP contribution >= 0.6 is 0 Å². The van der Waals surface area contributed by atoms with Crippen molar-refractivity contribution in [3.05, 3.63) is 24.0 Å². The van der Waals surface area contributed by atoms with Gasteiger partial charge in [-0.3, -0.25) is 4.98 Å². The van der Waals surface area contributed by atoms with E-state index in [1.165, 1.54) is 25.4 Å². The lowest BCUT2D eigenvalue weighted by Crippen LogP contribution is -2.45. The minimum Gasteiger partial charge on any atom is -0.467 e. The van der Waals surface area contributed by atoms with Crippen molar-refractivity contribution in [2.75, 3.05) is 7.11 Å². The molecule has 0 aromatic carbocycles. The van der Waals surface area contributed by atoms with Gasteiger partial charge in [0.15, 0.2) is 0 Å². The Bertz CT molecular complexity index is 541. The van der Waals surface area contributed by atoms with Crippen LogP contribution in [0.4, 0.5) is 4.79 Å². The van der Waals surface area contributed by atoms with Crippen molar-refractivity contribution in [3.8, 4) is 0 Å². The summed E-state index contributed by atoms with van der Waals surface area (Å²) in [6.45, 7) is 5.13. The Balaban J connectivity index is 2.78. The summed E-state index contributed by atoms with van der Waals surface area (Å²) in [5.74, 6) is -0.635. The average molecular weight is 324 g/mol. The molecule has 1 amide bonds. The molecule has 0 saturated heterocycles. The number of rotatable bonds is 5. The molecule has 0 saturated carbocycles. The molecule has 0 aliphatic rings. The first kappa shape index (κ1) is 18.9. The maximum atomic E-state index is 11.8. The number of nitrogens with one attached hydrogen (secondary N) is 1. The van der Waals surface area contributed by atoms with E-state index in [2.05, 4.69) is 15.0 Å². The SMILES string of the molecule is COC(=O)[C@H](Cc1ccc(B(O)O)cn1)NC(=O)OC(C)(C)C. The normalized spacial score (nSPS) is 12.3. The van der Waals surface area contributed by atoms with Crippen LogP contribution in [0.25, 0.3) is 0 Å². The lowest BCUT2D eigenvalue weighted by atomic mass is 9.81. The second-order valence-corrected chi connectivity index (χ2v) is 5.88. The lowest BCUT2D eigenvalue weighted by molar-refractivity contribution is -0.143. The molecule has 1 aromatic rings.